The molecule has 1 aromatic rings. The zero-order valence-electron chi connectivity index (χ0n) is 23.2. The molecule has 0 aliphatic rings. The molecule has 0 radical (unpaired) electrons. The number of unbranched alkanes of at least 4 members (excludes halogenated alkanes) is 13. The SMILES string of the molecule is CCCCCCCCCCCCCCCCNS(=O)(=O)CC(C)(CCl)C(=O)c1ccccc1NC(C)=O. The molecule has 8 heteroatoms. The summed E-state index contributed by atoms with van der Waals surface area (Å²) in [6.45, 7) is 5.52. The summed E-state index contributed by atoms with van der Waals surface area (Å²) >= 11 is 6.11. The summed E-state index contributed by atoms with van der Waals surface area (Å²) in [5.74, 6) is -1.28. The van der Waals surface area contributed by atoms with Crippen molar-refractivity contribution in [3.8, 4) is 0 Å². The maximum absolute atomic E-state index is 13.3. The third-order valence-electron chi connectivity index (χ3n) is 6.69. The van der Waals surface area contributed by atoms with Crippen LogP contribution in [0.3, 0.4) is 0 Å². The van der Waals surface area contributed by atoms with Crippen LogP contribution in [-0.2, 0) is 14.8 Å². The average Bonchev–Trinajstić information content (AvgIpc) is 2.85. The fourth-order valence-electron chi connectivity index (χ4n) is 4.49. The normalized spacial score (nSPS) is 13.3. The van der Waals surface area contributed by atoms with E-state index in [0.29, 0.717) is 12.2 Å². The van der Waals surface area contributed by atoms with Gasteiger partial charge in [-0.2, -0.15) is 0 Å². The highest BCUT2D eigenvalue weighted by molar-refractivity contribution is 7.89. The molecule has 1 aromatic carbocycles. The number of carbonyl (C=O) groups excluding carboxylic acids is 2. The molecule has 0 spiro atoms. The Labute approximate surface area is 230 Å². The summed E-state index contributed by atoms with van der Waals surface area (Å²) < 4.78 is 28.1. The van der Waals surface area contributed by atoms with E-state index < -0.39 is 27.0 Å². The number of Topliss-reactive ketones (excluding diaryl/α,β-unsaturated/α-hetero) is 1. The number of alkyl halides is 1. The summed E-state index contributed by atoms with van der Waals surface area (Å²) in [7, 11) is -3.70. The maximum Gasteiger partial charge on any atom is 0.221 e. The first kappa shape index (κ1) is 33.6. The molecule has 212 valence electrons. The van der Waals surface area contributed by atoms with Gasteiger partial charge in [-0.05, 0) is 18.6 Å². The monoisotopic (exact) mass is 556 g/mol. The number of nitrogens with one attached hydrogen (secondary N) is 2. The molecule has 2 N–H and O–H groups in total. The van der Waals surface area contributed by atoms with Gasteiger partial charge in [0.15, 0.2) is 5.78 Å². The van der Waals surface area contributed by atoms with Crippen molar-refractivity contribution < 1.29 is 18.0 Å². The quantitative estimate of drug-likeness (QED) is 0.0879. The van der Waals surface area contributed by atoms with E-state index in [9.17, 15) is 18.0 Å². The maximum atomic E-state index is 13.3. The Hall–Kier alpha value is -1.44. The van der Waals surface area contributed by atoms with Crippen LogP contribution in [0, 0.1) is 5.41 Å². The number of hydrogen-bond donors (Lipinski definition) is 2. The molecule has 0 heterocycles. The summed E-state index contributed by atoms with van der Waals surface area (Å²) in [6.07, 6.45) is 17.4. The number of amides is 1. The molecule has 1 rings (SSSR count). The van der Waals surface area contributed by atoms with Gasteiger partial charge in [0.05, 0.1) is 16.9 Å². The predicted octanol–water partition coefficient (Wildman–Crippen LogP) is 7.47. The van der Waals surface area contributed by atoms with Crippen molar-refractivity contribution >= 4 is 39.0 Å². The fraction of sp³-hybridized carbons (Fsp3) is 0.724. The number of carbonyl (C=O) groups is 2. The van der Waals surface area contributed by atoms with E-state index >= 15 is 0 Å². The van der Waals surface area contributed by atoms with Crippen LogP contribution in [0.2, 0.25) is 0 Å². The van der Waals surface area contributed by atoms with Crippen molar-refractivity contribution in [3.05, 3.63) is 29.8 Å². The molecule has 0 fully saturated rings. The molecule has 0 aromatic heterocycles. The number of ketones is 1. The molecule has 1 amide bonds. The third kappa shape index (κ3) is 14.3. The molecular formula is C29H49ClN2O4S. The van der Waals surface area contributed by atoms with Gasteiger partial charge in [-0.25, -0.2) is 13.1 Å². The van der Waals surface area contributed by atoms with Gasteiger partial charge in [0.25, 0.3) is 0 Å². The Morgan fingerprint density at radius 1 is 0.838 bits per heavy atom. The van der Waals surface area contributed by atoms with Crippen LogP contribution in [0.5, 0.6) is 0 Å². The Kier molecular flexibility index (Phi) is 17.0. The van der Waals surface area contributed by atoms with Crippen LogP contribution in [0.15, 0.2) is 24.3 Å². The average molecular weight is 557 g/mol. The van der Waals surface area contributed by atoms with Crippen molar-refractivity contribution in [3.63, 3.8) is 0 Å². The van der Waals surface area contributed by atoms with Crippen LogP contribution >= 0.6 is 11.6 Å². The Morgan fingerprint density at radius 2 is 1.32 bits per heavy atom. The summed E-state index contributed by atoms with van der Waals surface area (Å²) in [6, 6.07) is 6.57. The molecule has 0 aliphatic carbocycles. The van der Waals surface area contributed by atoms with Gasteiger partial charge >= 0.3 is 0 Å². The number of para-hydroxylation sites is 1. The van der Waals surface area contributed by atoms with E-state index in [-0.39, 0.29) is 17.4 Å². The smallest absolute Gasteiger partial charge is 0.221 e. The van der Waals surface area contributed by atoms with Crippen molar-refractivity contribution in [1.82, 2.24) is 4.72 Å². The molecule has 0 saturated carbocycles. The first-order valence-electron chi connectivity index (χ1n) is 14.1. The van der Waals surface area contributed by atoms with E-state index in [2.05, 4.69) is 17.0 Å². The van der Waals surface area contributed by atoms with Gasteiger partial charge in [-0.3, -0.25) is 9.59 Å². The van der Waals surface area contributed by atoms with Crippen LogP contribution in [-0.4, -0.2) is 38.3 Å². The number of rotatable bonds is 22. The van der Waals surface area contributed by atoms with Gasteiger partial charge in [0.1, 0.15) is 0 Å². The lowest BCUT2D eigenvalue weighted by molar-refractivity contribution is -0.114. The predicted molar refractivity (Wildman–Crippen MR) is 156 cm³/mol. The standard InChI is InChI=1S/C29H49ClN2O4S/c1-4-5-6-7-8-9-10-11-12-13-14-15-16-19-22-31-37(35,36)24-29(3,23-30)28(34)26-20-17-18-21-27(26)32-25(2)33/h17-18,20-21,31H,4-16,19,22-24H2,1-3H3,(H,32,33). The van der Waals surface area contributed by atoms with Gasteiger partial charge in [-0.1, -0.05) is 109 Å². The van der Waals surface area contributed by atoms with Crippen LogP contribution < -0.4 is 10.0 Å². The van der Waals surface area contributed by atoms with Crippen molar-refractivity contribution in [2.24, 2.45) is 5.41 Å². The second-order valence-corrected chi connectivity index (χ2v) is 12.6. The van der Waals surface area contributed by atoms with Gasteiger partial charge in [-0.15, -0.1) is 11.6 Å². The lowest BCUT2D eigenvalue weighted by Gasteiger charge is -2.26. The minimum atomic E-state index is -3.70. The summed E-state index contributed by atoms with van der Waals surface area (Å²) in [5, 5.41) is 2.63. The van der Waals surface area contributed by atoms with Crippen molar-refractivity contribution in [1.29, 1.82) is 0 Å². The molecule has 0 bridgehead atoms. The second kappa shape index (κ2) is 18.8. The number of hydrogen-bond acceptors (Lipinski definition) is 4. The third-order valence-corrected chi connectivity index (χ3v) is 8.94. The number of halogens is 1. The van der Waals surface area contributed by atoms with E-state index in [4.69, 9.17) is 11.6 Å². The number of sulfonamides is 1. The van der Waals surface area contributed by atoms with Crippen molar-refractivity contribution in [2.75, 3.05) is 23.5 Å². The van der Waals surface area contributed by atoms with E-state index in [1.165, 1.54) is 77.6 Å². The van der Waals surface area contributed by atoms with E-state index in [1.54, 1.807) is 31.2 Å². The Bertz CT molecular complexity index is 907. The minimum absolute atomic E-state index is 0.153. The zero-order valence-corrected chi connectivity index (χ0v) is 24.8. The highest BCUT2D eigenvalue weighted by Crippen LogP contribution is 2.30. The van der Waals surface area contributed by atoms with Crippen LogP contribution in [0.25, 0.3) is 0 Å². The van der Waals surface area contributed by atoms with Gasteiger partial charge in [0.2, 0.25) is 15.9 Å². The molecule has 0 saturated heterocycles. The van der Waals surface area contributed by atoms with E-state index in [1.807, 2.05) is 0 Å². The molecular weight excluding hydrogens is 508 g/mol. The molecule has 6 nitrogen and oxygen atoms in total. The Morgan fingerprint density at radius 3 is 1.81 bits per heavy atom. The molecule has 0 aliphatic heterocycles. The van der Waals surface area contributed by atoms with E-state index in [0.717, 1.165) is 19.3 Å². The van der Waals surface area contributed by atoms with Crippen molar-refractivity contribution in [2.45, 2.75) is 111 Å². The fourth-order valence-corrected chi connectivity index (χ4v) is 6.44. The number of anilines is 1. The highest BCUT2D eigenvalue weighted by Gasteiger charge is 2.38. The summed E-state index contributed by atoms with van der Waals surface area (Å²) in [5.41, 5.74) is -0.718. The molecule has 1 atom stereocenters. The molecule has 1 unspecified atom stereocenters. The van der Waals surface area contributed by atoms with Gasteiger partial charge in [0, 0.05) is 24.9 Å². The number of benzene rings is 1. The first-order chi connectivity index (χ1) is 17.6. The topological polar surface area (TPSA) is 92.3 Å². The first-order valence-corrected chi connectivity index (χ1v) is 16.3. The van der Waals surface area contributed by atoms with Crippen LogP contribution in [0.4, 0.5) is 5.69 Å². The zero-order chi connectivity index (χ0) is 27.6. The Balaban J connectivity index is 2.32. The lowest BCUT2D eigenvalue weighted by Crippen LogP contribution is -2.42. The lowest BCUT2D eigenvalue weighted by atomic mass is 9.85. The minimum Gasteiger partial charge on any atom is -0.326 e. The largest absolute Gasteiger partial charge is 0.326 e. The van der Waals surface area contributed by atoms with Gasteiger partial charge < -0.3 is 5.32 Å². The summed E-state index contributed by atoms with van der Waals surface area (Å²) in [4.78, 5) is 24.8. The van der Waals surface area contributed by atoms with Crippen LogP contribution in [0.1, 0.15) is 121 Å². The second-order valence-electron chi connectivity index (χ2n) is 10.5. The molecule has 37 heavy (non-hydrogen) atoms. The highest BCUT2D eigenvalue weighted by atomic mass is 35.5.